The Balaban J connectivity index is 1.94. The summed E-state index contributed by atoms with van der Waals surface area (Å²) in [5.41, 5.74) is 0. The summed E-state index contributed by atoms with van der Waals surface area (Å²) in [5, 5.41) is -0.163. The van der Waals surface area contributed by atoms with Gasteiger partial charge in [0, 0.05) is 0 Å². The Morgan fingerprint density at radius 2 is 0.465 bits per heavy atom. The van der Waals surface area contributed by atoms with E-state index in [1.54, 1.807) is 0 Å². The molecule has 0 unspecified atom stereocenters. The predicted octanol–water partition coefficient (Wildman–Crippen LogP) is 5.80. The number of hydrogen-bond donors (Lipinski definition) is 0. The van der Waals surface area contributed by atoms with Crippen molar-refractivity contribution in [2.75, 3.05) is 0 Å². The van der Waals surface area contributed by atoms with Crippen LogP contribution in [0.4, 0.5) is 0 Å². The summed E-state index contributed by atoms with van der Waals surface area (Å²) in [6, 6.07) is 62.8. The minimum absolute atomic E-state index is 1.10. The average molecular weight is 780 g/mol. The molecule has 0 bridgehead atoms. The van der Waals surface area contributed by atoms with Gasteiger partial charge in [-0.25, -0.2) is 0 Å². The van der Waals surface area contributed by atoms with Crippen LogP contribution in [0.3, 0.4) is 0 Å². The average Bonchev–Trinajstić information content (AvgIpc) is 3.11. The van der Waals surface area contributed by atoms with Gasteiger partial charge in [-0.2, -0.15) is 0 Å². The number of hydrogen-bond acceptors (Lipinski definition) is 2. The molecule has 6 rings (SSSR count). The Hall–Kier alpha value is -3.79. The van der Waals surface area contributed by atoms with E-state index < -0.39 is 25.8 Å². The summed E-state index contributed by atoms with van der Waals surface area (Å²) in [4.78, 5) is 29.4. The molecule has 218 valence electrons. The molecule has 43 heavy (non-hydrogen) atoms. The Morgan fingerprint density at radius 1 is 0.302 bits per heavy atom. The third-order valence-corrected chi connectivity index (χ3v) is 60.6. The van der Waals surface area contributed by atoms with Gasteiger partial charge < -0.3 is 0 Å². The van der Waals surface area contributed by atoms with Crippen molar-refractivity contribution in [1.29, 1.82) is 0 Å². The van der Waals surface area contributed by atoms with Crippen LogP contribution >= 0.6 is 10.7 Å². The molecule has 0 aliphatic heterocycles. The molecule has 0 aromatic heterocycles. The molecular weight excluding hydrogens is 745 g/mol. The fraction of sp³-hybridized carbons (Fsp3) is 0. The monoisotopic (exact) mass is 779 g/mol. The number of carbonyl (C=O) groups is 2. The van der Waals surface area contributed by atoms with Gasteiger partial charge >= 0.3 is 259 Å². The fourth-order valence-electron chi connectivity index (χ4n) is 6.27. The molecule has 0 saturated heterocycles. The number of carbonyl (C=O) groups excluding carboxylic acids is 2. The van der Waals surface area contributed by atoms with E-state index in [4.69, 9.17) is 0 Å². The molecule has 0 saturated carbocycles. The minimum atomic E-state index is -4.55. The number of benzene rings is 6. The summed E-state index contributed by atoms with van der Waals surface area (Å²) >= 11 is -4.55. The molecule has 0 amide bonds. The van der Waals surface area contributed by atoms with Crippen LogP contribution in [0.1, 0.15) is 0 Å². The van der Waals surface area contributed by atoms with Crippen LogP contribution in [0.2, 0.25) is 0 Å². The first-order valence-electron chi connectivity index (χ1n) is 14.1. The number of rotatable bonds is 10. The van der Waals surface area contributed by atoms with Crippen LogP contribution in [-0.4, -0.2) is 9.35 Å². The summed E-state index contributed by atoms with van der Waals surface area (Å²) < 4.78 is 2.44. The summed E-state index contributed by atoms with van der Waals surface area (Å²) in [5.74, 6) is 0. The van der Waals surface area contributed by atoms with Gasteiger partial charge in [0.05, 0.1) is 0 Å². The zero-order chi connectivity index (χ0) is 29.6. The molecule has 0 radical (unpaired) electrons. The maximum absolute atomic E-state index is 14.7. The topological polar surface area (TPSA) is 34.1 Å². The maximum atomic E-state index is 14.7. The van der Waals surface area contributed by atoms with Crippen LogP contribution < -0.4 is 31.8 Å². The molecule has 6 aromatic rings. The fourth-order valence-corrected chi connectivity index (χ4v) is 72.0. The molecule has 0 spiro atoms. The van der Waals surface area contributed by atoms with E-state index in [1.165, 1.54) is 9.35 Å². The first kappa shape index (κ1) is 29.3. The van der Waals surface area contributed by atoms with Crippen LogP contribution in [0, 0.1) is 0 Å². The van der Waals surface area contributed by atoms with Crippen molar-refractivity contribution in [3.63, 3.8) is 0 Å². The van der Waals surface area contributed by atoms with Gasteiger partial charge in [0.1, 0.15) is 0 Å². The Kier molecular flexibility index (Phi) is 8.74. The van der Waals surface area contributed by atoms with Crippen molar-refractivity contribution in [2.45, 2.75) is 0 Å². The SMILES string of the molecule is O=[CH][Pt]([CH]=O)([PH](c1ccccc1)(c1ccccc1)c1ccccc1)[PH](c1ccccc1)(c1ccccc1)c1ccccc1. The van der Waals surface area contributed by atoms with Crippen LogP contribution in [-0.2, 0) is 24.6 Å². The van der Waals surface area contributed by atoms with Crippen molar-refractivity contribution in [1.82, 2.24) is 0 Å². The van der Waals surface area contributed by atoms with Gasteiger partial charge in [0.25, 0.3) is 0 Å². The van der Waals surface area contributed by atoms with E-state index in [9.17, 15) is 9.59 Å². The summed E-state index contributed by atoms with van der Waals surface area (Å²) in [6.07, 6.45) is 0. The van der Waals surface area contributed by atoms with Gasteiger partial charge in [-0.05, 0) is 0 Å². The van der Waals surface area contributed by atoms with Crippen molar-refractivity contribution in [3.05, 3.63) is 182 Å². The molecular formula is C38H34O2P2Pt. The van der Waals surface area contributed by atoms with E-state index in [0.717, 1.165) is 31.8 Å². The van der Waals surface area contributed by atoms with E-state index in [-0.39, 0.29) is 0 Å². The van der Waals surface area contributed by atoms with Crippen LogP contribution in [0.5, 0.6) is 0 Å². The molecule has 0 atom stereocenters. The van der Waals surface area contributed by atoms with Crippen LogP contribution in [0.25, 0.3) is 0 Å². The van der Waals surface area contributed by atoms with Gasteiger partial charge in [0.15, 0.2) is 0 Å². The predicted molar refractivity (Wildman–Crippen MR) is 187 cm³/mol. The second-order valence-corrected chi connectivity index (χ2v) is 42.4. The van der Waals surface area contributed by atoms with E-state index in [2.05, 4.69) is 146 Å². The quantitative estimate of drug-likeness (QED) is 0.130. The van der Waals surface area contributed by atoms with Crippen molar-refractivity contribution in [3.8, 4) is 0 Å². The van der Waals surface area contributed by atoms with Gasteiger partial charge in [-0.15, -0.1) is 0 Å². The van der Waals surface area contributed by atoms with Crippen LogP contribution in [0.15, 0.2) is 182 Å². The molecule has 2 nitrogen and oxygen atoms in total. The first-order valence-corrected chi connectivity index (χ1v) is 27.2. The van der Waals surface area contributed by atoms with Crippen molar-refractivity contribution in [2.24, 2.45) is 0 Å². The Bertz CT molecular complexity index is 1450. The molecule has 0 heterocycles. The molecule has 0 N–H and O–H groups in total. The molecule has 5 heteroatoms. The van der Waals surface area contributed by atoms with E-state index in [1.807, 2.05) is 36.4 Å². The van der Waals surface area contributed by atoms with E-state index >= 15 is 0 Å². The Morgan fingerprint density at radius 3 is 0.605 bits per heavy atom. The van der Waals surface area contributed by atoms with E-state index in [0.29, 0.717) is 0 Å². The zero-order valence-corrected chi connectivity index (χ0v) is 27.9. The van der Waals surface area contributed by atoms with Crippen molar-refractivity contribution < 1.29 is 24.6 Å². The summed E-state index contributed by atoms with van der Waals surface area (Å²) in [7, 11) is 0. The second kappa shape index (κ2) is 12.8. The van der Waals surface area contributed by atoms with Gasteiger partial charge in [-0.3, -0.25) is 0 Å². The molecule has 0 fully saturated rings. The van der Waals surface area contributed by atoms with Gasteiger partial charge in [-0.1, -0.05) is 0 Å². The Labute approximate surface area is 257 Å². The zero-order valence-electron chi connectivity index (χ0n) is 23.6. The molecule has 6 aromatic carbocycles. The third-order valence-electron chi connectivity index (χ3n) is 7.94. The second-order valence-electron chi connectivity index (χ2n) is 10.1. The molecule has 0 aliphatic rings. The normalized spacial score (nSPS) is 13.0. The third kappa shape index (κ3) is 4.61. The summed E-state index contributed by atoms with van der Waals surface area (Å²) in [6.45, 7) is 0. The standard InChI is InChI=1S/2C18H15P.2CHO.Pt/c2*1-4-10-16(11-5-1)19(17-12-6-2-7-13-17)18-14-8-3-9-15-18;2*1-2;/h2*1-15H;2*1H;/q;;;;-2/p+2. The van der Waals surface area contributed by atoms with Crippen molar-refractivity contribution >= 4 is 51.9 Å². The first-order chi connectivity index (χ1) is 21.3. The molecule has 0 aliphatic carbocycles. The van der Waals surface area contributed by atoms with Gasteiger partial charge in [0.2, 0.25) is 0 Å².